The molecule has 2 saturated heterocycles. The minimum Gasteiger partial charge on any atom is -0.277 e. The Morgan fingerprint density at radius 3 is 1.67 bits per heavy atom. The van der Waals surface area contributed by atoms with E-state index in [4.69, 9.17) is 0 Å². The van der Waals surface area contributed by atoms with Gasteiger partial charge in [0.15, 0.2) is 0 Å². The van der Waals surface area contributed by atoms with E-state index < -0.39 is 6.65 Å². The second kappa shape index (κ2) is 5.22. The van der Waals surface area contributed by atoms with Gasteiger partial charge in [0.1, 0.15) is 0 Å². The normalized spacial score (nSPS) is 29.1. The fraction of sp³-hybridized carbons (Fsp3) is 1.00. The first kappa shape index (κ1) is 12.0. The van der Waals surface area contributed by atoms with Crippen molar-refractivity contribution in [1.29, 1.82) is 0 Å². The number of rotatable bonds is 3. The minimum absolute atomic E-state index is 1.04. The third kappa shape index (κ3) is 2.44. The Kier molecular flexibility index (Phi) is 4.17. The predicted molar refractivity (Wildman–Crippen MR) is 67.4 cm³/mol. The number of hydrogen-bond acceptors (Lipinski definition) is 2. The molecule has 0 aromatic heterocycles. The fourth-order valence-corrected chi connectivity index (χ4v) is 7.25. The standard InChI is InChI=1S/C10H21N2OPS/c1-15-14(13,12-9-5-6-10-12)11-7-3-2-4-8-11/h2-10H2,1H3/t14-/m0/s1. The zero-order valence-corrected chi connectivity index (χ0v) is 11.2. The van der Waals surface area contributed by atoms with Crippen molar-refractivity contribution in [3.05, 3.63) is 0 Å². The van der Waals surface area contributed by atoms with Crippen LogP contribution in [0.3, 0.4) is 0 Å². The number of piperidine rings is 1. The van der Waals surface area contributed by atoms with Crippen molar-refractivity contribution in [3.63, 3.8) is 0 Å². The van der Waals surface area contributed by atoms with Crippen molar-refractivity contribution < 1.29 is 4.57 Å². The number of hydrogen-bond donors (Lipinski definition) is 0. The Hall–Kier alpha value is 0.500. The Labute approximate surface area is 96.8 Å². The molecule has 2 aliphatic heterocycles. The van der Waals surface area contributed by atoms with Crippen molar-refractivity contribution in [2.24, 2.45) is 0 Å². The molecule has 3 nitrogen and oxygen atoms in total. The second-order valence-corrected chi connectivity index (χ2v) is 9.35. The van der Waals surface area contributed by atoms with E-state index in [0.29, 0.717) is 0 Å². The molecule has 2 aliphatic rings. The van der Waals surface area contributed by atoms with Crippen molar-refractivity contribution in [1.82, 2.24) is 9.34 Å². The molecule has 0 unspecified atom stereocenters. The molecule has 0 aliphatic carbocycles. The Balaban J connectivity index is 2.08. The van der Waals surface area contributed by atoms with E-state index >= 15 is 0 Å². The molecule has 88 valence electrons. The van der Waals surface area contributed by atoms with Gasteiger partial charge in [-0.2, -0.15) is 0 Å². The van der Waals surface area contributed by atoms with Crippen LogP contribution in [0, 0.1) is 0 Å². The van der Waals surface area contributed by atoms with Gasteiger partial charge in [-0.1, -0.05) is 17.8 Å². The largest absolute Gasteiger partial charge is 0.277 e. The van der Waals surface area contributed by atoms with Crippen LogP contribution in [0.1, 0.15) is 32.1 Å². The molecule has 2 heterocycles. The van der Waals surface area contributed by atoms with E-state index in [0.717, 1.165) is 26.2 Å². The van der Waals surface area contributed by atoms with E-state index in [1.807, 2.05) is 6.26 Å². The molecule has 0 aromatic rings. The zero-order chi connectivity index (χ0) is 10.7. The first-order valence-corrected chi connectivity index (χ1v) is 9.38. The van der Waals surface area contributed by atoms with Gasteiger partial charge in [-0.3, -0.25) is 4.57 Å². The van der Waals surface area contributed by atoms with Gasteiger partial charge >= 0.3 is 0 Å². The van der Waals surface area contributed by atoms with E-state index in [-0.39, 0.29) is 0 Å². The average molecular weight is 248 g/mol. The minimum atomic E-state index is -2.24. The predicted octanol–water partition coefficient (Wildman–Crippen LogP) is 3.04. The van der Waals surface area contributed by atoms with E-state index in [9.17, 15) is 4.57 Å². The first-order valence-electron chi connectivity index (χ1n) is 5.94. The third-order valence-electron chi connectivity index (χ3n) is 3.37. The highest BCUT2D eigenvalue weighted by molar-refractivity contribution is 8.56. The van der Waals surface area contributed by atoms with Gasteiger partial charge in [-0.05, 0) is 31.9 Å². The average Bonchev–Trinajstić information content (AvgIpc) is 2.83. The lowest BCUT2D eigenvalue weighted by Gasteiger charge is -2.37. The SMILES string of the molecule is CS[P@@](=O)(N1CCCCC1)N1CCCC1. The Bertz CT molecular complexity index is 250. The molecular formula is C10H21N2OPS. The lowest BCUT2D eigenvalue weighted by Crippen LogP contribution is -2.32. The highest BCUT2D eigenvalue weighted by Crippen LogP contribution is 2.64. The highest BCUT2D eigenvalue weighted by atomic mass is 32.7. The summed E-state index contributed by atoms with van der Waals surface area (Å²) in [6, 6.07) is 0. The summed E-state index contributed by atoms with van der Waals surface area (Å²) in [7, 11) is 0. The molecule has 2 rings (SSSR count). The van der Waals surface area contributed by atoms with Crippen LogP contribution in [0.2, 0.25) is 0 Å². The van der Waals surface area contributed by atoms with Crippen molar-refractivity contribution >= 4 is 18.0 Å². The molecule has 0 spiro atoms. The second-order valence-electron chi connectivity index (χ2n) is 4.35. The molecule has 15 heavy (non-hydrogen) atoms. The summed E-state index contributed by atoms with van der Waals surface area (Å²) in [5.74, 6) is 0. The van der Waals surface area contributed by atoms with Gasteiger partial charge in [0.25, 0.3) is 6.65 Å². The van der Waals surface area contributed by atoms with Crippen LogP contribution < -0.4 is 0 Å². The molecular weight excluding hydrogens is 227 g/mol. The number of nitrogens with zero attached hydrogens (tertiary/aromatic N) is 2. The molecule has 0 saturated carbocycles. The van der Waals surface area contributed by atoms with E-state index in [1.165, 1.54) is 32.1 Å². The molecule has 1 atom stereocenters. The van der Waals surface area contributed by atoms with Crippen molar-refractivity contribution in [2.75, 3.05) is 32.4 Å². The molecule has 0 bridgehead atoms. The Morgan fingerprint density at radius 1 is 0.867 bits per heavy atom. The van der Waals surface area contributed by atoms with Crippen LogP contribution in [0.4, 0.5) is 0 Å². The van der Waals surface area contributed by atoms with Crippen LogP contribution >= 0.6 is 18.0 Å². The molecule has 0 amide bonds. The van der Waals surface area contributed by atoms with E-state index in [2.05, 4.69) is 9.34 Å². The smallest absolute Gasteiger partial charge is 0.271 e. The van der Waals surface area contributed by atoms with Crippen LogP contribution in [0.15, 0.2) is 0 Å². The van der Waals surface area contributed by atoms with Crippen LogP contribution in [0.5, 0.6) is 0 Å². The zero-order valence-electron chi connectivity index (χ0n) is 9.52. The summed E-state index contributed by atoms with van der Waals surface area (Å²) in [6.07, 6.45) is 8.20. The van der Waals surface area contributed by atoms with Gasteiger partial charge in [-0.25, -0.2) is 9.34 Å². The quantitative estimate of drug-likeness (QED) is 0.716. The molecule has 0 aromatic carbocycles. The van der Waals surface area contributed by atoms with Gasteiger partial charge in [0.05, 0.1) is 0 Å². The van der Waals surface area contributed by atoms with Crippen LogP contribution in [-0.4, -0.2) is 41.8 Å². The molecule has 5 heteroatoms. The Morgan fingerprint density at radius 2 is 1.27 bits per heavy atom. The summed E-state index contributed by atoms with van der Waals surface area (Å²) in [4.78, 5) is 0. The summed E-state index contributed by atoms with van der Waals surface area (Å²) < 4.78 is 17.4. The molecule has 2 fully saturated rings. The van der Waals surface area contributed by atoms with Crippen molar-refractivity contribution in [2.45, 2.75) is 32.1 Å². The van der Waals surface area contributed by atoms with Crippen LogP contribution in [0.25, 0.3) is 0 Å². The summed E-state index contributed by atoms with van der Waals surface area (Å²) in [6.45, 7) is 1.91. The molecule has 0 radical (unpaired) electrons. The van der Waals surface area contributed by atoms with E-state index in [1.54, 1.807) is 11.4 Å². The van der Waals surface area contributed by atoms with Gasteiger partial charge < -0.3 is 0 Å². The van der Waals surface area contributed by atoms with Gasteiger partial charge in [0.2, 0.25) is 0 Å². The maximum Gasteiger partial charge on any atom is 0.271 e. The fourth-order valence-electron chi connectivity index (χ4n) is 2.49. The molecule has 0 N–H and O–H groups in total. The van der Waals surface area contributed by atoms with Gasteiger partial charge in [-0.15, -0.1) is 0 Å². The first-order chi connectivity index (χ1) is 7.27. The lowest BCUT2D eigenvalue weighted by atomic mass is 10.2. The van der Waals surface area contributed by atoms with Gasteiger partial charge in [0, 0.05) is 26.2 Å². The maximum absolute atomic E-state index is 13.0. The third-order valence-corrected chi connectivity index (χ3v) is 8.89. The monoisotopic (exact) mass is 248 g/mol. The van der Waals surface area contributed by atoms with Crippen LogP contribution in [-0.2, 0) is 4.57 Å². The summed E-state index contributed by atoms with van der Waals surface area (Å²) >= 11 is 1.58. The topological polar surface area (TPSA) is 23.6 Å². The lowest BCUT2D eigenvalue weighted by molar-refractivity contribution is 0.322. The maximum atomic E-state index is 13.0. The summed E-state index contributed by atoms with van der Waals surface area (Å²) in [5.41, 5.74) is 0. The van der Waals surface area contributed by atoms with Crippen molar-refractivity contribution in [3.8, 4) is 0 Å². The highest BCUT2D eigenvalue weighted by Gasteiger charge is 2.38. The summed E-state index contributed by atoms with van der Waals surface area (Å²) in [5, 5.41) is 0.